The quantitative estimate of drug-likeness (QED) is 0.276. The summed E-state index contributed by atoms with van der Waals surface area (Å²) in [4.78, 5) is 0. The summed E-state index contributed by atoms with van der Waals surface area (Å²) < 4.78 is 43.8. The molecule has 6 heteroatoms. The van der Waals surface area contributed by atoms with Gasteiger partial charge in [-0.15, -0.1) is 0 Å². The van der Waals surface area contributed by atoms with Gasteiger partial charge < -0.3 is 0 Å². The van der Waals surface area contributed by atoms with Crippen molar-refractivity contribution in [3.8, 4) is 0 Å². The number of hydrogen-bond acceptors (Lipinski definition) is 0. The highest BCUT2D eigenvalue weighted by molar-refractivity contribution is 6.31. The molecule has 176 valence electrons. The van der Waals surface area contributed by atoms with E-state index in [1.807, 2.05) is 32.0 Å². The van der Waals surface area contributed by atoms with Crippen LogP contribution in [-0.4, -0.2) is 0 Å². The lowest BCUT2D eigenvalue weighted by molar-refractivity contribution is 0.528. The summed E-state index contributed by atoms with van der Waals surface area (Å²) in [7, 11) is 0. The van der Waals surface area contributed by atoms with Gasteiger partial charge in [-0.2, -0.15) is 0 Å². The fraction of sp³-hybridized carbons (Fsp3) is 0.333. The van der Waals surface area contributed by atoms with Gasteiger partial charge in [-0.3, -0.25) is 0 Å². The summed E-state index contributed by atoms with van der Waals surface area (Å²) >= 11 is 18.4. The van der Waals surface area contributed by atoms with E-state index in [4.69, 9.17) is 34.8 Å². The van der Waals surface area contributed by atoms with Gasteiger partial charge in [0.2, 0.25) is 0 Å². The molecule has 0 radical (unpaired) electrons. The molecule has 3 aromatic rings. The van der Waals surface area contributed by atoms with E-state index in [2.05, 4.69) is 0 Å². The molecule has 0 spiro atoms. The number of benzene rings is 3. The molecule has 0 aliphatic carbocycles. The van der Waals surface area contributed by atoms with Gasteiger partial charge in [0, 0.05) is 10.6 Å². The lowest BCUT2D eigenvalue weighted by Crippen LogP contribution is -2.08. The molecule has 2 atom stereocenters. The first kappa shape index (κ1) is 25.9. The predicted molar refractivity (Wildman–Crippen MR) is 133 cm³/mol. The van der Waals surface area contributed by atoms with Crippen molar-refractivity contribution in [2.24, 2.45) is 0 Å². The first-order valence-corrected chi connectivity index (χ1v) is 12.0. The van der Waals surface area contributed by atoms with Crippen molar-refractivity contribution in [2.75, 3.05) is 0 Å². The molecule has 0 heterocycles. The fourth-order valence-corrected chi connectivity index (χ4v) is 4.90. The molecule has 0 saturated heterocycles. The summed E-state index contributed by atoms with van der Waals surface area (Å²) in [6, 6.07) is 12.0. The average molecular weight is 514 g/mol. The topological polar surface area (TPSA) is 0 Å². The fourth-order valence-electron chi connectivity index (χ4n) is 4.22. The summed E-state index contributed by atoms with van der Waals surface area (Å²) in [6.07, 6.45) is 0.898. The van der Waals surface area contributed by atoms with Gasteiger partial charge in [-0.25, -0.2) is 13.2 Å². The van der Waals surface area contributed by atoms with Crippen LogP contribution in [0.15, 0.2) is 42.5 Å². The van der Waals surface area contributed by atoms with Crippen LogP contribution in [0, 0.1) is 17.5 Å². The monoisotopic (exact) mass is 512 g/mol. The molecule has 0 amide bonds. The molecule has 0 N–H and O–H groups in total. The van der Waals surface area contributed by atoms with Crippen molar-refractivity contribution in [3.05, 3.63) is 103 Å². The molecule has 3 rings (SSSR count). The van der Waals surface area contributed by atoms with E-state index in [-0.39, 0.29) is 33.4 Å². The van der Waals surface area contributed by atoms with E-state index in [1.165, 1.54) is 12.1 Å². The molecule has 0 aliphatic heterocycles. The minimum atomic E-state index is -0.701. The van der Waals surface area contributed by atoms with Crippen molar-refractivity contribution in [2.45, 2.75) is 58.3 Å². The minimum absolute atomic E-state index is 0.00820. The highest BCUT2D eigenvalue weighted by atomic mass is 35.5. The SMILES string of the molecule is CC(C)c1c(F)c(Cl)cc(CC(C)c2cc(Cl)cc(CC(C)c3cccc(Cl)c3F)c2)c1F. The normalized spacial score (nSPS) is 13.4. The highest BCUT2D eigenvalue weighted by Crippen LogP contribution is 2.34. The van der Waals surface area contributed by atoms with Crippen LogP contribution in [0.2, 0.25) is 15.1 Å². The summed E-state index contributed by atoms with van der Waals surface area (Å²) in [6.45, 7) is 7.36. The van der Waals surface area contributed by atoms with Crippen LogP contribution in [0.1, 0.15) is 73.3 Å². The predicted octanol–water partition coefficient (Wildman–Crippen LogP) is 9.88. The van der Waals surface area contributed by atoms with Crippen molar-refractivity contribution in [1.82, 2.24) is 0 Å². The van der Waals surface area contributed by atoms with Gasteiger partial charge in [0.15, 0.2) is 0 Å². The first-order chi connectivity index (χ1) is 15.5. The van der Waals surface area contributed by atoms with Crippen LogP contribution in [-0.2, 0) is 12.8 Å². The van der Waals surface area contributed by atoms with Crippen molar-refractivity contribution >= 4 is 34.8 Å². The minimum Gasteiger partial charge on any atom is -0.206 e. The van der Waals surface area contributed by atoms with Gasteiger partial charge >= 0.3 is 0 Å². The van der Waals surface area contributed by atoms with Crippen LogP contribution in [0.3, 0.4) is 0 Å². The Bertz CT molecular complexity index is 1160. The lowest BCUT2D eigenvalue weighted by atomic mass is 9.88. The number of rotatable bonds is 7. The Morgan fingerprint density at radius 3 is 2.09 bits per heavy atom. The van der Waals surface area contributed by atoms with Crippen molar-refractivity contribution < 1.29 is 13.2 Å². The molecule has 0 aliphatic rings. The van der Waals surface area contributed by atoms with Gasteiger partial charge in [0.1, 0.15) is 17.5 Å². The van der Waals surface area contributed by atoms with Crippen LogP contribution in [0.4, 0.5) is 13.2 Å². The third kappa shape index (κ3) is 5.88. The Morgan fingerprint density at radius 2 is 1.42 bits per heavy atom. The molecular weight excluding hydrogens is 488 g/mol. The Labute approximate surface area is 208 Å². The van der Waals surface area contributed by atoms with E-state index in [0.29, 0.717) is 29.0 Å². The summed E-state index contributed by atoms with van der Waals surface area (Å²) in [5, 5.41) is 0.570. The maximum atomic E-state index is 15.1. The second kappa shape index (κ2) is 10.7. The molecule has 0 nitrogen and oxygen atoms in total. The molecular formula is C27H26Cl3F3. The maximum absolute atomic E-state index is 15.1. The van der Waals surface area contributed by atoms with E-state index in [1.54, 1.807) is 26.0 Å². The third-order valence-corrected chi connectivity index (χ3v) is 6.76. The molecule has 3 aromatic carbocycles. The van der Waals surface area contributed by atoms with E-state index in [9.17, 15) is 8.78 Å². The number of halogens is 6. The third-order valence-electron chi connectivity index (χ3n) is 5.97. The number of hydrogen-bond donors (Lipinski definition) is 0. The maximum Gasteiger partial charge on any atom is 0.148 e. The smallest absolute Gasteiger partial charge is 0.148 e. The van der Waals surface area contributed by atoms with E-state index >= 15 is 4.39 Å². The van der Waals surface area contributed by atoms with Crippen LogP contribution in [0.25, 0.3) is 0 Å². The zero-order valence-corrected chi connectivity index (χ0v) is 21.2. The largest absolute Gasteiger partial charge is 0.206 e. The first-order valence-electron chi connectivity index (χ1n) is 10.9. The van der Waals surface area contributed by atoms with Gasteiger partial charge in [0.25, 0.3) is 0 Å². The Balaban J connectivity index is 1.87. The van der Waals surface area contributed by atoms with Crippen LogP contribution < -0.4 is 0 Å². The lowest BCUT2D eigenvalue weighted by Gasteiger charge is -2.19. The van der Waals surface area contributed by atoms with Gasteiger partial charge in [0.05, 0.1) is 10.0 Å². The van der Waals surface area contributed by atoms with Crippen LogP contribution in [0.5, 0.6) is 0 Å². The summed E-state index contributed by atoms with van der Waals surface area (Å²) in [5.41, 5.74) is 2.78. The van der Waals surface area contributed by atoms with Crippen molar-refractivity contribution in [1.29, 1.82) is 0 Å². The molecule has 0 aromatic heterocycles. The molecule has 0 bridgehead atoms. The standard InChI is InChI=1S/C27H26Cl3F3/c1-14(2)24-25(31)19(13-23(30)27(24)33)9-15(3)18-10-17(11-20(28)12-18)8-16(4)21-6-5-7-22(29)26(21)32/h5-7,10-16H,8-9H2,1-4H3. The zero-order chi connectivity index (χ0) is 24.4. The van der Waals surface area contributed by atoms with Crippen LogP contribution >= 0.6 is 34.8 Å². The second-order valence-corrected chi connectivity index (χ2v) is 10.2. The zero-order valence-electron chi connectivity index (χ0n) is 19.0. The van der Waals surface area contributed by atoms with Crippen molar-refractivity contribution in [3.63, 3.8) is 0 Å². The Morgan fingerprint density at radius 1 is 0.727 bits per heavy atom. The van der Waals surface area contributed by atoms with E-state index < -0.39 is 17.5 Å². The Hall–Kier alpha value is -1.68. The Kier molecular flexibility index (Phi) is 8.42. The van der Waals surface area contributed by atoms with Gasteiger partial charge in [-0.05, 0) is 77.1 Å². The summed E-state index contributed by atoms with van der Waals surface area (Å²) in [5.74, 6) is -2.21. The molecule has 33 heavy (non-hydrogen) atoms. The highest BCUT2D eigenvalue weighted by Gasteiger charge is 2.22. The van der Waals surface area contributed by atoms with E-state index in [0.717, 1.165) is 11.1 Å². The molecule has 0 fully saturated rings. The molecule has 2 unspecified atom stereocenters. The average Bonchev–Trinajstić information content (AvgIpc) is 2.73. The molecule has 0 saturated carbocycles. The second-order valence-electron chi connectivity index (χ2n) is 8.96. The van der Waals surface area contributed by atoms with Gasteiger partial charge in [-0.1, -0.05) is 80.7 Å².